The number of hydrogen-bond donors (Lipinski definition) is 0. The summed E-state index contributed by atoms with van der Waals surface area (Å²) in [6.07, 6.45) is -0.138. The van der Waals surface area contributed by atoms with Gasteiger partial charge in [-0.1, -0.05) is 12.1 Å². The number of morpholine rings is 2. The largest absolute Gasteiger partial charge is 0.493 e. The van der Waals surface area contributed by atoms with Crippen LogP contribution in [0.2, 0.25) is 0 Å². The van der Waals surface area contributed by atoms with E-state index < -0.39 is 5.82 Å². The molecule has 0 saturated carbocycles. The van der Waals surface area contributed by atoms with Gasteiger partial charge in [-0.3, -0.25) is 14.6 Å². The summed E-state index contributed by atoms with van der Waals surface area (Å²) >= 11 is 0. The van der Waals surface area contributed by atoms with Crippen LogP contribution in [0, 0.1) is 5.82 Å². The highest BCUT2D eigenvalue weighted by Crippen LogP contribution is 2.28. The molecule has 1 unspecified atom stereocenters. The van der Waals surface area contributed by atoms with E-state index in [2.05, 4.69) is 9.80 Å². The number of nitrogens with zero attached hydrogens (tertiary/aromatic N) is 3. The molecule has 0 radical (unpaired) electrons. The van der Waals surface area contributed by atoms with E-state index in [1.807, 2.05) is 18.2 Å². The van der Waals surface area contributed by atoms with Gasteiger partial charge in [0.05, 0.1) is 40.1 Å². The molecule has 1 atom stereocenters. The predicted octanol–water partition coefficient (Wildman–Crippen LogP) is 2.52. The lowest BCUT2D eigenvalue weighted by atomic mass is 10.1. The van der Waals surface area contributed by atoms with Crippen molar-refractivity contribution in [2.24, 2.45) is 0 Å². The molecule has 2 saturated heterocycles. The van der Waals surface area contributed by atoms with Crippen molar-refractivity contribution in [3.63, 3.8) is 0 Å². The molecular weight excluding hydrogens is 465 g/mol. The minimum Gasteiger partial charge on any atom is -0.493 e. The minimum absolute atomic E-state index is 0.138. The fourth-order valence-electron chi connectivity index (χ4n) is 4.68. The fourth-order valence-corrected chi connectivity index (χ4v) is 4.68. The molecule has 4 rings (SSSR count). The molecule has 0 N–H and O–H groups in total. The molecule has 2 aromatic rings. The zero-order chi connectivity index (χ0) is 25.3. The van der Waals surface area contributed by atoms with E-state index in [9.17, 15) is 9.18 Å². The van der Waals surface area contributed by atoms with E-state index in [4.69, 9.17) is 18.9 Å². The van der Waals surface area contributed by atoms with Crippen LogP contribution in [0.3, 0.4) is 0 Å². The molecular formula is C27H36FN3O5. The molecule has 2 fully saturated rings. The number of carbonyl (C=O) groups is 1. The van der Waals surface area contributed by atoms with Crippen molar-refractivity contribution in [3.05, 3.63) is 59.4 Å². The molecule has 0 aliphatic carbocycles. The lowest BCUT2D eigenvalue weighted by Gasteiger charge is -2.37. The summed E-state index contributed by atoms with van der Waals surface area (Å²) in [6.45, 7) is 7.66. The Morgan fingerprint density at radius 2 is 1.81 bits per heavy atom. The van der Waals surface area contributed by atoms with Crippen molar-refractivity contribution >= 4 is 5.91 Å². The average Bonchev–Trinajstić information content (AvgIpc) is 2.91. The summed E-state index contributed by atoms with van der Waals surface area (Å²) in [7, 11) is 3.26. The first-order chi connectivity index (χ1) is 17.6. The van der Waals surface area contributed by atoms with Gasteiger partial charge in [-0.2, -0.15) is 0 Å². The molecule has 2 aliphatic rings. The van der Waals surface area contributed by atoms with E-state index in [1.54, 1.807) is 31.3 Å². The summed E-state index contributed by atoms with van der Waals surface area (Å²) < 4.78 is 36.1. The molecule has 36 heavy (non-hydrogen) atoms. The van der Waals surface area contributed by atoms with Crippen molar-refractivity contribution in [1.29, 1.82) is 0 Å². The third-order valence-corrected chi connectivity index (χ3v) is 6.65. The Balaban J connectivity index is 1.41. The van der Waals surface area contributed by atoms with Crippen LogP contribution >= 0.6 is 0 Å². The number of halogens is 1. The highest BCUT2D eigenvalue weighted by molar-refractivity contribution is 5.94. The molecule has 9 heteroatoms. The van der Waals surface area contributed by atoms with Crippen LogP contribution in [0.25, 0.3) is 0 Å². The molecule has 2 aliphatic heterocycles. The Kier molecular flexibility index (Phi) is 9.52. The van der Waals surface area contributed by atoms with Gasteiger partial charge in [-0.25, -0.2) is 4.39 Å². The predicted molar refractivity (Wildman–Crippen MR) is 134 cm³/mol. The van der Waals surface area contributed by atoms with E-state index in [1.165, 1.54) is 12.1 Å². The second kappa shape index (κ2) is 13.0. The number of benzene rings is 2. The molecule has 0 aromatic heterocycles. The zero-order valence-corrected chi connectivity index (χ0v) is 21.2. The third kappa shape index (κ3) is 7.16. The van der Waals surface area contributed by atoms with Gasteiger partial charge >= 0.3 is 0 Å². The van der Waals surface area contributed by atoms with Crippen LogP contribution in [0.15, 0.2) is 42.5 Å². The number of hydrogen-bond acceptors (Lipinski definition) is 7. The smallest absolute Gasteiger partial charge is 0.254 e. The SMILES string of the molecule is COc1ccc(CN2CCOC(CN(CCN3CCOCC3)C(=O)c3cccc(F)c3)C2)cc1OC. The van der Waals surface area contributed by atoms with Crippen LogP contribution in [-0.2, 0) is 16.0 Å². The summed E-state index contributed by atoms with van der Waals surface area (Å²) in [5, 5.41) is 0. The number of amides is 1. The first-order valence-electron chi connectivity index (χ1n) is 12.5. The van der Waals surface area contributed by atoms with Crippen molar-refractivity contribution in [2.75, 3.05) is 79.9 Å². The van der Waals surface area contributed by atoms with E-state index in [-0.39, 0.29) is 12.0 Å². The number of ether oxygens (including phenoxy) is 4. The highest BCUT2D eigenvalue weighted by Gasteiger charge is 2.27. The van der Waals surface area contributed by atoms with E-state index >= 15 is 0 Å². The van der Waals surface area contributed by atoms with Gasteiger partial charge in [0, 0.05) is 57.9 Å². The lowest BCUT2D eigenvalue weighted by molar-refractivity contribution is -0.0443. The Morgan fingerprint density at radius 1 is 1.03 bits per heavy atom. The van der Waals surface area contributed by atoms with E-state index in [0.29, 0.717) is 56.5 Å². The molecule has 0 bridgehead atoms. The minimum atomic E-state index is -0.413. The lowest BCUT2D eigenvalue weighted by Crippen LogP contribution is -2.50. The average molecular weight is 502 g/mol. The molecule has 8 nitrogen and oxygen atoms in total. The zero-order valence-electron chi connectivity index (χ0n) is 21.2. The van der Waals surface area contributed by atoms with Gasteiger partial charge in [0.25, 0.3) is 5.91 Å². The van der Waals surface area contributed by atoms with Crippen LogP contribution in [0.1, 0.15) is 15.9 Å². The van der Waals surface area contributed by atoms with E-state index in [0.717, 1.165) is 38.3 Å². The normalized spacial score (nSPS) is 19.1. The van der Waals surface area contributed by atoms with Crippen LogP contribution < -0.4 is 9.47 Å². The first kappa shape index (κ1) is 26.3. The van der Waals surface area contributed by atoms with Gasteiger partial charge in [-0.05, 0) is 35.9 Å². The second-order valence-electron chi connectivity index (χ2n) is 9.13. The summed E-state index contributed by atoms with van der Waals surface area (Å²) in [6, 6.07) is 11.8. The van der Waals surface area contributed by atoms with Crippen LogP contribution in [-0.4, -0.2) is 107 Å². The maximum Gasteiger partial charge on any atom is 0.254 e. The molecule has 1 amide bonds. The maximum atomic E-state index is 13.8. The Morgan fingerprint density at radius 3 is 2.56 bits per heavy atom. The third-order valence-electron chi connectivity index (χ3n) is 6.65. The Hall–Kier alpha value is -2.72. The number of methoxy groups -OCH3 is 2. The fraction of sp³-hybridized carbons (Fsp3) is 0.519. The van der Waals surface area contributed by atoms with Crippen molar-refractivity contribution in [1.82, 2.24) is 14.7 Å². The summed E-state index contributed by atoms with van der Waals surface area (Å²) in [4.78, 5) is 19.8. The number of carbonyl (C=O) groups excluding carboxylic acids is 1. The maximum absolute atomic E-state index is 13.8. The number of rotatable bonds is 10. The van der Waals surface area contributed by atoms with Gasteiger partial charge in [0.15, 0.2) is 11.5 Å². The quantitative estimate of drug-likeness (QED) is 0.496. The molecule has 196 valence electrons. The van der Waals surface area contributed by atoms with Crippen LogP contribution in [0.5, 0.6) is 11.5 Å². The van der Waals surface area contributed by atoms with Crippen LogP contribution in [0.4, 0.5) is 4.39 Å². The topological polar surface area (TPSA) is 63.7 Å². The van der Waals surface area contributed by atoms with Crippen molar-refractivity contribution in [2.45, 2.75) is 12.6 Å². The monoisotopic (exact) mass is 501 g/mol. The molecule has 2 aromatic carbocycles. The Bertz CT molecular complexity index is 1000. The van der Waals surface area contributed by atoms with Crippen molar-refractivity contribution in [3.8, 4) is 11.5 Å². The molecule has 0 spiro atoms. The van der Waals surface area contributed by atoms with Gasteiger partial charge < -0.3 is 23.8 Å². The summed E-state index contributed by atoms with van der Waals surface area (Å²) in [5.74, 6) is 0.815. The molecule has 2 heterocycles. The summed E-state index contributed by atoms with van der Waals surface area (Å²) in [5.41, 5.74) is 1.48. The Labute approximate surface area is 212 Å². The highest BCUT2D eigenvalue weighted by atomic mass is 19.1. The first-order valence-corrected chi connectivity index (χ1v) is 12.5. The van der Waals surface area contributed by atoms with Gasteiger partial charge in [0.2, 0.25) is 0 Å². The van der Waals surface area contributed by atoms with Gasteiger partial charge in [-0.15, -0.1) is 0 Å². The van der Waals surface area contributed by atoms with Gasteiger partial charge in [0.1, 0.15) is 5.82 Å². The standard InChI is InChI=1S/C27H36FN3O5/c1-33-25-7-6-21(16-26(25)34-2)18-30-12-15-36-24(19-30)20-31(9-8-29-10-13-35-14-11-29)27(32)22-4-3-5-23(28)17-22/h3-7,16-17,24H,8-15,18-20H2,1-2H3. The van der Waals surface area contributed by atoms with Crippen molar-refractivity contribution < 1.29 is 28.1 Å². The second-order valence-corrected chi connectivity index (χ2v) is 9.13.